The molecule has 0 aliphatic heterocycles. The summed E-state index contributed by atoms with van der Waals surface area (Å²) in [5.74, 6) is -24.7. The average Bonchev–Trinajstić information content (AvgIpc) is 2.66. The van der Waals surface area contributed by atoms with Crippen molar-refractivity contribution in [1.82, 2.24) is 0 Å². The summed E-state index contributed by atoms with van der Waals surface area (Å²) < 4.78 is 183. The maximum absolute atomic E-state index is 14.0. The SMILES string of the molecule is C=C(C)C(=O)OCC(=O)OCC(CC(F)(F)C(F)(F)C(F)(C(F)(F)F)C(F)(F)F)OC(=O)C(C)(F)F. The van der Waals surface area contributed by atoms with Gasteiger partial charge in [-0.3, -0.25) is 0 Å². The van der Waals surface area contributed by atoms with Gasteiger partial charge in [0.15, 0.2) is 6.61 Å². The van der Waals surface area contributed by atoms with Crippen molar-refractivity contribution >= 4 is 17.9 Å². The summed E-state index contributed by atoms with van der Waals surface area (Å²) in [5, 5.41) is 0. The third kappa shape index (κ3) is 7.37. The normalized spacial score (nSPS) is 14.6. The van der Waals surface area contributed by atoms with Gasteiger partial charge in [0.2, 0.25) is 0 Å². The summed E-state index contributed by atoms with van der Waals surface area (Å²) in [6.45, 7) is 0.620. The van der Waals surface area contributed by atoms with Gasteiger partial charge in [0.25, 0.3) is 0 Å². The Bertz CT molecular complexity index is 827. The molecular formula is C17H15F13O6. The van der Waals surface area contributed by atoms with Crippen LogP contribution in [-0.4, -0.2) is 73.0 Å². The van der Waals surface area contributed by atoms with Crippen LogP contribution in [0.5, 0.6) is 0 Å². The fraction of sp³-hybridized carbons (Fsp3) is 0.706. The van der Waals surface area contributed by atoms with Crippen LogP contribution >= 0.6 is 0 Å². The molecule has 0 saturated heterocycles. The lowest BCUT2D eigenvalue weighted by atomic mass is 9.88. The quantitative estimate of drug-likeness (QED) is 0.157. The summed E-state index contributed by atoms with van der Waals surface area (Å²) in [7, 11) is 0. The second-order valence-corrected chi connectivity index (χ2v) is 7.09. The van der Waals surface area contributed by atoms with E-state index in [1.807, 2.05) is 0 Å². The second-order valence-electron chi connectivity index (χ2n) is 7.09. The smallest absolute Gasteiger partial charge is 0.438 e. The van der Waals surface area contributed by atoms with E-state index >= 15 is 0 Å². The van der Waals surface area contributed by atoms with Crippen molar-refractivity contribution in [3.8, 4) is 0 Å². The van der Waals surface area contributed by atoms with Gasteiger partial charge in [-0.15, -0.1) is 0 Å². The zero-order chi connectivity index (χ0) is 29.1. The predicted molar refractivity (Wildman–Crippen MR) is 87.7 cm³/mol. The molecule has 0 heterocycles. The van der Waals surface area contributed by atoms with E-state index in [0.717, 1.165) is 6.92 Å². The Morgan fingerprint density at radius 3 is 1.61 bits per heavy atom. The zero-order valence-electron chi connectivity index (χ0n) is 17.8. The molecule has 0 aliphatic rings. The van der Waals surface area contributed by atoms with Crippen LogP contribution in [0.4, 0.5) is 57.1 Å². The van der Waals surface area contributed by atoms with Gasteiger partial charge in [0.1, 0.15) is 12.7 Å². The van der Waals surface area contributed by atoms with E-state index in [9.17, 15) is 71.5 Å². The fourth-order valence-electron chi connectivity index (χ4n) is 2.05. The van der Waals surface area contributed by atoms with Gasteiger partial charge >= 0.3 is 53.7 Å². The van der Waals surface area contributed by atoms with Gasteiger partial charge in [0.05, 0.1) is 6.42 Å². The largest absolute Gasteiger partial charge is 0.459 e. The standard InChI is InChI=1S/C17H15F13O6/c1-7(2)10(32)35-6-9(31)34-5-8(36-11(33)12(3,18)19)4-13(20,21)15(23,24)14(22,16(25,26)27)17(28,29)30/h8H,1,4-6H2,2-3H3. The predicted octanol–water partition coefficient (Wildman–Crippen LogP) is 4.71. The number of esters is 3. The molecule has 6 nitrogen and oxygen atoms in total. The second kappa shape index (κ2) is 10.7. The number of rotatable bonds is 11. The number of hydrogen-bond donors (Lipinski definition) is 0. The molecule has 0 aromatic heterocycles. The van der Waals surface area contributed by atoms with Crippen LogP contribution in [-0.2, 0) is 28.6 Å². The van der Waals surface area contributed by atoms with Crippen molar-refractivity contribution in [2.24, 2.45) is 0 Å². The van der Waals surface area contributed by atoms with Crippen LogP contribution in [0.3, 0.4) is 0 Å². The molecule has 0 bridgehead atoms. The minimum atomic E-state index is -7.85. The van der Waals surface area contributed by atoms with Gasteiger partial charge in [-0.2, -0.15) is 52.7 Å². The molecule has 0 saturated carbocycles. The van der Waals surface area contributed by atoms with Crippen molar-refractivity contribution < 1.29 is 85.7 Å². The molecule has 19 heteroatoms. The zero-order valence-corrected chi connectivity index (χ0v) is 17.8. The van der Waals surface area contributed by atoms with Crippen molar-refractivity contribution in [1.29, 1.82) is 0 Å². The van der Waals surface area contributed by atoms with E-state index in [1.165, 1.54) is 0 Å². The highest BCUT2D eigenvalue weighted by Gasteiger charge is 2.90. The first kappa shape index (κ1) is 33.2. The molecule has 0 aromatic rings. The first-order valence-corrected chi connectivity index (χ1v) is 8.87. The van der Waals surface area contributed by atoms with Gasteiger partial charge in [0, 0.05) is 12.5 Å². The molecule has 0 rings (SSSR count). The number of carbonyl (C=O) groups excluding carboxylic acids is 3. The third-order valence-corrected chi connectivity index (χ3v) is 3.89. The fourth-order valence-corrected chi connectivity index (χ4v) is 2.05. The topological polar surface area (TPSA) is 78.9 Å². The molecule has 0 radical (unpaired) electrons. The molecule has 0 fully saturated rings. The Labute approximate surface area is 192 Å². The molecule has 0 aliphatic carbocycles. The lowest BCUT2D eigenvalue weighted by Gasteiger charge is -2.40. The minimum Gasteiger partial charge on any atom is -0.459 e. The van der Waals surface area contributed by atoms with E-state index in [2.05, 4.69) is 20.8 Å². The molecule has 0 spiro atoms. The maximum atomic E-state index is 14.0. The Morgan fingerprint density at radius 2 is 1.25 bits per heavy atom. The minimum absolute atomic E-state index is 0.234. The van der Waals surface area contributed by atoms with E-state index in [4.69, 9.17) is 0 Å². The van der Waals surface area contributed by atoms with Crippen molar-refractivity contribution in [3.05, 3.63) is 12.2 Å². The number of alkyl halides is 13. The van der Waals surface area contributed by atoms with Gasteiger partial charge in [-0.25, -0.2) is 18.8 Å². The molecule has 0 aromatic carbocycles. The molecule has 0 amide bonds. The molecule has 0 N–H and O–H groups in total. The van der Waals surface area contributed by atoms with Crippen LogP contribution in [0.2, 0.25) is 0 Å². The van der Waals surface area contributed by atoms with Gasteiger partial charge < -0.3 is 14.2 Å². The van der Waals surface area contributed by atoms with E-state index in [-0.39, 0.29) is 12.5 Å². The molecule has 36 heavy (non-hydrogen) atoms. The Kier molecular flexibility index (Phi) is 9.87. The number of ether oxygens (including phenoxy) is 3. The van der Waals surface area contributed by atoms with Crippen LogP contribution < -0.4 is 0 Å². The molecule has 210 valence electrons. The summed E-state index contributed by atoms with van der Waals surface area (Å²) >= 11 is 0. The average molecular weight is 562 g/mol. The summed E-state index contributed by atoms with van der Waals surface area (Å²) in [4.78, 5) is 33.7. The Balaban J connectivity index is 6.06. The number of hydrogen-bond acceptors (Lipinski definition) is 6. The molecule has 1 atom stereocenters. The lowest BCUT2D eigenvalue weighted by Crippen LogP contribution is -2.70. The van der Waals surface area contributed by atoms with Crippen LogP contribution in [0.15, 0.2) is 12.2 Å². The summed E-state index contributed by atoms with van der Waals surface area (Å²) in [6.07, 6.45) is -21.8. The Morgan fingerprint density at radius 1 is 0.806 bits per heavy atom. The van der Waals surface area contributed by atoms with Crippen molar-refractivity contribution in [3.63, 3.8) is 0 Å². The third-order valence-electron chi connectivity index (χ3n) is 3.89. The van der Waals surface area contributed by atoms with Crippen LogP contribution in [0.25, 0.3) is 0 Å². The number of halogens is 13. The van der Waals surface area contributed by atoms with Crippen molar-refractivity contribution in [2.75, 3.05) is 13.2 Å². The highest BCUT2D eigenvalue weighted by atomic mass is 19.4. The highest BCUT2D eigenvalue weighted by Crippen LogP contribution is 2.60. The maximum Gasteiger partial charge on any atom is 0.438 e. The van der Waals surface area contributed by atoms with E-state index < -0.39 is 79.4 Å². The number of carbonyl (C=O) groups is 3. The molecule has 1 unspecified atom stereocenters. The molecular weight excluding hydrogens is 547 g/mol. The van der Waals surface area contributed by atoms with E-state index in [1.54, 1.807) is 0 Å². The highest BCUT2D eigenvalue weighted by molar-refractivity contribution is 5.88. The first-order chi connectivity index (χ1) is 15.7. The summed E-state index contributed by atoms with van der Waals surface area (Å²) in [6, 6.07) is 0. The first-order valence-electron chi connectivity index (χ1n) is 8.87. The summed E-state index contributed by atoms with van der Waals surface area (Å²) in [5.41, 5.74) is -8.14. The van der Waals surface area contributed by atoms with Crippen molar-refractivity contribution in [2.45, 2.75) is 62.2 Å². The van der Waals surface area contributed by atoms with Gasteiger partial charge in [-0.05, 0) is 6.92 Å². The van der Waals surface area contributed by atoms with E-state index in [0.29, 0.717) is 0 Å². The lowest BCUT2D eigenvalue weighted by molar-refractivity contribution is -0.428. The Hall–Kier alpha value is -2.76. The monoisotopic (exact) mass is 562 g/mol. The van der Waals surface area contributed by atoms with Crippen LogP contribution in [0.1, 0.15) is 20.3 Å². The van der Waals surface area contributed by atoms with Crippen LogP contribution in [0, 0.1) is 0 Å². The van der Waals surface area contributed by atoms with Gasteiger partial charge in [-0.1, -0.05) is 6.58 Å².